The number of benzene rings is 1. The molecule has 0 bridgehead atoms. The number of aliphatic hydroxyl groups excluding tert-OH is 1. The first-order chi connectivity index (χ1) is 12.1. The van der Waals surface area contributed by atoms with Crippen LogP contribution in [0.1, 0.15) is 31.0 Å². The SMILES string of the molecule is C#Cc1csc2c(N[C@H](C)c3ccccc3)nc(NC[C@H](C)O)nc12. The van der Waals surface area contributed by atoms with Gasteiger partial charge in [-0.3, -0.25) is 0 Å². The van der Waals surface area contributed by atoms with Crippen LogP contribution in [-0.4, -0.2) is 27.7 Å². The summed E-state index contributed by atoms with van der Waals surface area (Å²) in [5, 5.41) is 17.9. The van der Waals surface area contributed by atoms with Crippen molar-refractivity contribution in [2.24, 2.45) is 0 Å². The van der Waals surface area contributed by atoms with Crippen molar-refractivity contribution in [3.8, 4) is 12.3 Å². The van der Waals surface area contributed by atoms with Gasteiger partial charge in [0.2, 0.25) is 5.95 Å². The van der Waals surface area contributed by atoms with Crippen LogP contribution >= 0.6 is 11.3 Å². The molecule has 0 amide bonds. The molecule has 0 aliphatic rings. The Morgan fingerprint density at radius 3 is 2.68 bits per heavy atom. The standard InChI is InChI=1S/C19H20N4OS/c1-4-14-11-25-17-16(14)22-19(20-10-12(2)24)23-18(17)21-13(3)15-8-6-5-7-9-15/h1,5-9,11-13,24H,10H2,2-3H3,(H2,20,21,22,23)/t12-,13+/m0/s1. The lowest BCUT2D eigenvalue weighted by Gasteiger charge is -2.16. The Labute approximate surface area is 151 Å². The molecular formula is C19H20N4OS. The zero-order chi connectivity index (χ0) is 17.8. The van der Waals surface area contributed by atoms with Crippen molar-refractivity contribution in [2.75, 3.05) is 17.2 Å². The third-order valence-corrected chi connectivity index (χ3v) is 4.76. The third-order valence-electron chi connectivity index (χ3n) is 3.78. The largest absolute Gasteiger partial charge is 0.392 e. The second-order valence-electron chi connectivity index (χ2n) is 5.87. The van der Waals surface area contributed by atoms with E-state index >= 15 is 0 Å². The molecule has 2 atom stereocenters. The highest BCUT2D eigenvalue weighted by Crippen LogP contribution is 2.32. The van der Waals surface area contributed by atoms with Gasteiger partial charge >= 0.3 is 0 Å². The van der Waals surface area contributed by atoms with Crippen molar-refractivity contribution < 1.29 is 5.11 Å². The molecule has 5 nitrogen and oxygen atoms in total. The highest BCUT2D eigenvalue weighted by molar-refractivity contribution is 7.18. The summed E-state index contributed by atoms with van der Waals surface area (Å²) < 4.78 is 0.929. The van der Waals surface area contributed by atoms with Gasteiger partial charge in [0.15, 0.2) is 0 Å². The smallest absolute Gasteiger partial charge is 0.225 e. The number of hydrogen-bond acceptors (Lipinski definition) is 6. The van der Waals surface area contributed by atoms with Crippen molar-refractivity contribution in [1.82, 2.24) is 9.97 Å². The number of hydrogen-bond donors (Lipinski definition) is 3. The van der Waals surface area contributed by atoms with Gasteiger partial charge in [0.05, 0.1) is 16.4 Å². The second kappa shape index (κ2) is 7.51. The molecule has 2 aromatic heterocycles. The van der Waals surface area contributed by atoms with Gasteiger partial charge in [-0.25, -0.2) is 4.98 Å². The molecule has 128 valence electrons. The summed E-state index contributed by atoms with van der Waals surface area (Å²) in [6.07, 6.45) is 5.10. The Hall–Kier alpha value is -2.62. The molecule has 3 aromatic rings. The zero-order valence-corrected chi connectivity index (χ0v) is 15.0. The molecule has 0 aliphatic carbocycles. The summed E-state index contributed by atoms with van der Waals surface area (Å²) in [7, 11) is 0. The number of nitrogens with zero attached hydrogens (tertiary/aromatic N) is 2. The van der Waals surface area contributed by atoms with Gasteiger partial charge in [-0.15, -0.1) is 17.8 Å². The average molecular weight is 352 g/mol. The van der Waals surface area contributed by atoms with E-state index in [-0.39, 0.29) is 6.04 Å². The maximum atomic E-state index is 9.49. The molecule has 6 heteroatoms. The topological polar surface area (TPSA) is 70.1 Å². The van der Waals surface area contributed by atoms with E-state index in [0.717, 1.165) is 21.6 Å². The van der Waals surface area contributed by atoms with E-state index in [1.165, 1.54) is 16.9 Å². The van der Waals surface area contributed by atoms with Crippen LogP contribution in [0.5, 0.6) is 0 Å². The lowest BCUT2D eigenvalue weighted by molar-refractivity contribution is 0.208. The number of fused-ring (bicyclic) bond motifs is 1. The number of aliphatic hydroxyl groups is 1. The van der Waals surface area contributed by atoms with Gasteiger partial charge in [-0.1, -0.05) is 36.3 Å². The number of nitrogens with one attached hydrogen (secondary N) is 2. The molecule has 2 heterocycles. The van der Waals surface area contributed by atoms with Gasteiger partial charge in [0, 0.05) is 18.0 Å². The maximum absolute atomic E-state index is 9.49. The monoisotopic (exact) mass is 352 g/mol. The van der Waals surface area contributed by atoms with E-state index in [1.807, 2.05) is 23.6 Å². The van der Waals surface area contributed by atoms with Crippen LogP contribution < -0.4 is 10.6 Å². The van der Waals surface area contributed by atoms with Crippen LogP contribution in [0.3, 0.4) is 0 Å². The molecule has 25 heavy (non-hydrogen) atoms. The Balaban J connectivity index is 1.97. The molecule has 0 aliphatic heterocycles. The fourth-order valence-electron chi connectivity index (χ4n) is 2.47. The average Bonchev–Trinajstić information content (AvgIpc) is 3.04. The number of anilines is 2. The first kappa shape index (κ1) is 17.2. The van der Waals surface area contributed by atoms with Gasteiger partial charge in [-0.05, 0) is 19.4 Å². The number of rotatable bonds is 6. The van der Waals surface area contributed by atoms with E-state index in [2.05, 4.69) is 45.6 Å². The lowest BCUT2D eigenvalue weighted by Crippen LogP contribution is -2.17. The van der Waals surface area contributed by atoms with Crippen molar-refractivity contribution in [3.05, 3.63) is 46.8 Å². The van der Waals surface area contributed by atoms with E-state index < -0.39 is 6.10 Å². The number of thiophene rings is 1. The Kier molecular flexibility index (Phi) is 5.17. The van der Waals surface area contributed by atoms with Crippen LogP contribution in [0, 0.1) is 12.3 Å². The quantitative estimate of drug-likeness (QED) is 0.591. The predicted octanol–water partition coefficient (Wildman–Crippen LogP) is 3.64. The summed E-state index contributed by atoms with van der Waals surface area (Å²) in [6.45, 7) is 4.16. The summed E-state index contributed by atoms with van der Waals surface area (Å²) in [5.41, 5.74) is 2.66. The van der Waals surface area contributed by atoms with Crippen molar-refractivity contribution in [3.63, 3.8) is 0 Å². The Morgan fingerprint density at radius 1 is 1.24 bits per heavy atom. The van der Waals surface area contributed by atoms with Gasteiger partial charge < -0.3 is 15.7 Å². The van der Waals surface area contributed by atoms with Gasteiger partial charge in [0.25, 0.3) is 0 Å². The van der Waals surface area contributed by atoms with Crippen molar-refractivity contribution in [1.29, 1.82) is 0 Å². The number of aromatic nitrogens is 2. The predicted molar refractivity (Wildman–Crippen MR) is 104 cm³/mol. The summed E-state index contributed by atoms with van der Waals surface area (Å²) in [4.78, 5) is 9.10. The molecule has 3 rings (SSSR count). The summed E-state index contributed by atoms with van der Waals surface area (Å²) in [5.74, 6) is 3.86. The molecule has 0 fully saturated rings. The van der Waals surface area contributed by atoms with Crippen LogP contribution in [0.15, 0.2) is 35.7 Å². The third kappa shape index (κ3) is 3.90. The Morgan fingerprint density at radius 2 is 2.00 bits per heavy atom. The zero-order valence-electron chi connectivity index (χ0n) is 14.2. The van der Waals surface area contributed by atoms with Crippen LogP contribution in [0.2, 0.25) is 0 Å². The molecule has 0 saturated carbocycles. The van der Waals surface area contributed by atoms with E-state index in [0.29, 0.717) is 12.5 Å². The van der Waals surface area contributed by atoms with Gasteiger partial charge in [0.1, 0.15) is 11.3 Å². The molecule has 0 saturated heterocycles. The molecule has 0 radical (unpaired) electrons. The molecule has 0 unspecified atom stereocenters. The van der Waals surface area contributed by atoms with E-state index in [1.54, 1.807) is 6.92 Å². The molecule has 3 N–H and O–H groups in total. The molecular weight excluding hydrogens is 332 g/mol. The minimum Gasteiger partial charge on any atom is -0.392 e. The van der Waals surface area contributed by atoms with E-state index in [4.69, 9.17) is 6.42 Å². The molecule has 1 aromatic carbocycles. The normalized spacial score (nSPS) is 13.2. The fourth-order valence-corrected chi connectivity index (χ4v) is 3.37. The van der Waals surface area contributed by atoms with E-state index in [9.17, 15) is 5.11 Å². The van der Waals surface area contributed by atoms with Crippen LogP contribution in [0.4, 0.5) is 11.8 Å². The molecule has 0 spiro atoms. The highest BCUT2D eigenvalue weighted by Gasteiger charge is 2.15. The van der Waals surface area contributed by atoms with Crippen molar-refractivity contribution in [2.45, 2.75) is 26.0 Å². The van der Waals surface area contributed by atoms with Crippen LogP contribution in [0.25, 0.3) is 10.2 Å². The highest BCUT2D eigenvalue weighted by atomic mass is 32.1. The number of terminal acetylenes is 1. The summed E-state index contributed by atoms with van der Waals surface area (Å²) >= 11 is 1.53. The van der Waals surface area contributed by atoms with Gasteiger partial charge in [-0.2, -0.15) is 4.98 Å². The second-order valence-corrected chi connectivity index (χ2v) is 6.75. The maximum Gasteiger partial charge on any atom is 0.225 e. The first-order valence-electron chi connectivity index (χ1n) is 8.07. The van der Waals surface area contributed by atoms with Crippen molar-refractivity contribution >= 4 is 33.3 Å². The minimum atomic E-state index is -0.492. The van der Waals surface area contributed by atoms with Crippen LogP contribution in [-0.2, 0) is 0 Å². The lowest BCUT2D eigenvalue weighted by atomic mass is 10.1. The Bertz CT molecular complexity index is 899. The summed E-state index contributed by atoms with van der Waals surface area (Å²) in [6, 6.07) is 10.3. The first-order valence-corrected chi connectivity index (χ1v) is 8.95. The minimum absolute atomic E-state index is 0.0836. The fraction of sp³-hybridized carbons (Fsp3) is 0.263.